The fourth-order valence-corrected chi connectivity index (χ4v) is 3.44. The molecule has 1 saturated heterocycles. The van der Waals surface area contributed by atoms with Crippen molar-refractivity contribution in [2.24, 2.45) is 0 Å². The summed E-state index contributed by atoms with van der Waals surface area (Å²) in [6.45, 7) is 2.59. The maximum Gasteiger partial charge on any atom is 0.416 e. The summed E-state index contributed by atoms with van der Waals surface area (Å²) in [5.41, 5.74) is -3.30. The minimum Gasteiger partial charge on any atom is -0.367 e. The van der Waals surface area contributed by atoms with Crippen LogP contribution in [-0.2, 0) is 12.4 Å². The van der Waals surface area contributed by atoms with E-state index in [2.05, 4.69) is 5.32 Å². The standard InChI is InChI=1S/C21H20F7N3O/c22-17-3-1-2-4-18(17)31-9-7-30(8-10-31)6-5-29-19(32)14-11-15(20(23,24)25)13-16(12-14)21(26,27)28/h1-4,11-13H,5-10H2,(H,29,32). The molecule has 1 aliphatic rings. The molecule has 11 heteroatoms. The Labute approximate surface area is 179 Å². The van der Waals surface area contributed by atoms with Gasteiger partial charge in [0.25, 0.3) is 5.91 Å². The van der Waals surface area contributed by atoms with Gasteiger partial charge >= 0.3 is 12.4 Å². The lowest BCUT2D eigenvalue weighted by Crippen LogP contribution is -2.48. The second-order valence-electron chi connectivity index (χ2n) is 7.33. The highest BCUT2D eigenvalue weighted by molar-refractivity contribution is 5.94. The number of carbonyl (C=O) groups excluding carboxylic acids is 1. The highest BCUT2D eigenvalue weighted by atomic mass is 19.4. The second-order valence-corrected chi connectivity index (χ2v) is 7.33. The number of amides is 1. The molecule has 1 fully saturated rings. The van der Waals surface area contributed by atoms with Crippen LogP contribution in [0.3, 0.4) is 0 Å². The van der Waals surface area contributed by atoms with E-state index >= 15 is 0 Å². The molecule has 1 amide bonds. The van der Waals surface area contributed by atoms with Gasteiger partial charge in [0, 0.05) is 44.8 Å². The Bertz CT molecular complexity index is 919. The third-order valence-corrected chi connectivity index (χ3v) is 5.13. The second kappa shape index (κ2) is 9.35. The molecule has 0 spiro atoms. The Morgan fingerprint density at radius 2 is 1.44 bits per heavy atom. The molecular weight excluding hydrogens is 443 g/mol. The van der Waals surface area contributed by atoms with Crippen LogP contribution in [0.1, 0.15) is 21.5 Å². The van der Waals surface area contributed by atoms with Crippen LogP contribution >= 0.6 is 0 Å². The maximum atomic E-state index is 13.9. The largest absolute Gasteiger partial charge is 0.416 e. The maximum absolute atomic E-state index is 13.9. The van der Waals surface area contributed by atoms with E-state index in [0.717, 1.165) is 0 Å². The van der Waals surface area contributed by atoms with E-state index in [0.29, 0.717) is 50.5 Å². The number of hydrogen-bond acceptors (Lipinski definition) is 3. The van der Waals surface area contributed by atoms with Gasteiger partial charge in [-0.05, 0) is 30.3 Å². The fourth-order valence-electron chi connectivity index (χ4n) is 3.44. The molecule has 32 heavy (non-hydrogen) atoms. The molecule has 1 aliphatic heterocycles. The Morgan fingerprint density at radius 1 is 0.875 bits per heavy atom. The van der Waals surface area contributed by atoms with Crippen molar-refractivity contribution in [3.63, 3.8) is 0 Å². The molecule has 0 unspecified atom stereocenters. The predicted molar refractivity (Wildman–Crippen MR) is 104 cm³/mol. The smallest absolute Gasteiger partial charge is 0.367 e. The van der Waals surface area contributed by atoms with E-state index in [1.165, 1.54) is 6.07 Å². The number of halogens is 7. The van der Waals surface area contributed by atoms with Crippen LogP contribution < -0.4 is 10.2 Å². The number of benzene rings is 2. The van der Waals surface area contributed by atoms with E-state index in [9.17, 15) is 35.5 Å². The first-order chi connectivity index (χ1) is 14.9. The summed E-state index contributed by atoms with van der Waals surface area (Å²) < 4.78 is 91.5. The number of anilines is 1. The number of rotatable bonds is 5. The van der Waals surface area contributed by atoms with Crippen molar-refractivity contribution >= 4 is 11.6 Å². The molecule has 4 nitrogen and oxygen atoms in total. The van der Waals surface area contributed by atoms with Gasteiger partial charge in [-0.3, -0.25) is 9.69 Å². The number of nitrogens with zero attached hydrogens (tertiary/aromatic N) is 2. The normalized spacial score (nSPS) is 15.7. The van der Waals surface area contributed by atoms with Gasteiger partial charge in [-0.25, -0.2) is 4.39 Å². The van der Waals surface area contributed by atoms with Gasteiger partial charge in [-0.1, -0.05) is 12.1 Å². The van der Waals surface area contributed by atoms with Crippen LogP contribution in [0.4, 0.5) is 36.4 Å². The summed E-state index contributed by atoms with van der Waals surface area (Å²) in [5.74, 6) is -1.35. The van der Waals surface area contributed by atoms with Crippen molar-refractivity contribution in [3.8, 4) is 0 Å². The van der Waals surface area contributed by atoms with Gasteiger partial charge in [0.2, 0.25) is 0 Å². The molecule has 3 rings (SSSR count). The Morgan fingerprint density at radius 3 is 1.97 bits per heavy atom. The topological polar surface area (TPSA) is 35.6 Å². The fraction of sp³-hybridized carbons (Fsp3) is 0.381. The van der Waals surface area contributed by atoms with Crippen molar-refractivity contribution < 1.29 is 35.5 Å². The summed E-state index contributed by atoms with van der Waals surface area (Å²) in [5, 5.41) is 2.37. The molecule has 0 saturated carbocycles. The van der Waals surface area contributed by atoms with Gasteiger partial charge in [0.05, 0.1) is 16.8 Å². The highest BCUT2D eigenvalue weighted by Gasteiger charge is 2.37. The number of carbonyl (C=O) groups is 1. The SMILES string of the molecule is O=C(NCCN1CCN(c2ccccc2F)CC1)c1cc(C(F)(F)F)cc(C(F)(F)F)c1. The lowest BCUT2D eigenvalue weighted by atomic mass is 10.0. The Balaban J connectivity index is 1.56. The van der Waals surface area contributed by atoms with Crippen molar-refractivity contribution in [1.29, 1.82) is 0 Å². The van der Waals surface area contributed by atoms with Gasteiger partial charge in [-0.2, -0.15) is 26.3 Å². The van der Waals surface area contributed by atoms with E-state index in [1.807, 2.05) is 9.80 Å². The molecule has 0 aromatic heterocycles. The molecule has 174 valence electrons. The van der Waals surface area contributed by atoms with Crippen LogP contribution in [-0.4, -0.2) is 50.1 Å². The minimum absolute atomic E-state index is 0.0220. The van der Waals surface area contributed by atoms with Gasteiger partial charge in [0.15, 0.2) is 0 Å². The average Bonchev–Trinajstić information content (AvgIpc) is 2.73. The Hall–Kier alpha value is -2.82. The van der Waals surface area contributed by atoms with Crippen LogP contribution in [0.25, 0.3) is 0 Å². The quantitative estimate of drug-likeness (QED) is 0.668. The molecule has 0 bridgehead atoms. The lowest BCUT2D eigenvalue weighted by molar-refractivity contribution is -0.143. The lowest BCUT2D eigenvalue weighted by Gasteiger charge is -2.36. The predicted octanol–water partition coefficient (Wildman–Crippen LogP) is 4.42. The first kappa shape index (κ1) is 23.8. The van der Waals surface area contributed by atoms with E-state index in [-0.39, 0.29) is 18.4 Å². The molecule has 0 radical (unpaired) electrons. The molecule has 2 aromatic carbocycles. The zero-order valence-corrected chi connectivity index (χ0v) is 16.7. The van der Waals surface area contributed by atoms with Crippen LogP contribution in [0.5, 0.6) is 0 Å². The molecule has 1 heterocycles. The molecule has 0 aliphatic carbocycles. The number of hydrogen-bond donors (Lipinski definition) is 1. The van der Waals surface area contributed by atoms with Crippen LogP contribution in [0.15, 0.2) is 42.5 Å². The third kappa shape index (κ3) is 5.90. The van der Waals surface area contributed by atoms with Gasteiger partial charge in [0.1, 0.15) is 5.82 Å². The zero-order valence-electron chi connectivity index (χ0n) is 16.7. The van der Waals surface area contributed by atoms with Crippen molar-refractivity contribution in [1.82, 2.24) is 10.2 Å². The first-order valence-electron chi connectivity index (χ1n) is 9.74. The number of nitrogens with one attached hydrogen (secondary N) is 1. The molecule has 2 aromatic rings. The highest BCUT2D eigenvalue weighted by Crippen LogP contribution is 2.36. The monoisotopic (exact) mass is 463 g/mol. The first-order valence-corrected chi connectivity index (χ1v) is 9.74. The summed E-state index contributed by atoms with van der Waals surface area (Å²) in [6.07, 6.45) is -10.0. The summed E-state index contributed by atoms with van der Waals surface area (Å²) in [6, 6.07) is 7.16. The molecular formula is C21H20F7N3O. The number of para-hydroxylation sites is 1. The van der Waals surface area contributed by atoms with Crippen LogP contribution in [0, 0.1) is 5.82 Å². The van der Waals surface area contributed by atoms with Gasteiger partial charge in [-0.15, -0.1) is 0 Å². The number of alkyl halides is 6. The molecule has 0 atom stereocenters. The van der Waals surface area contributed by atoms with Gasteiger partial charge < -0.3 is 10.2 Å². The van der Waals surface area contributed by atoms with Crippen molar-refractivity contribution in [2.75, 3.05) is 44.2 Å². The number of piperazine rings is 1. The average molecular weight is 463 g/mol. The Kier molecular flexibility index (Phi) is 6.97. The molecule has 1 N–H and O–H groups in total. The van der Waals surface area contributed by atoms with E-state index in [4.69, 9.17) is 0 Å². The zero-order chi connectivity index (χ0) is 23.5. The third-order valence-electron chi connectivity index (χ3n) is 5.13. The van der Waals surface area contributed by atoms with E-state index in [1.54, 1.807) is 18.2 Å². The summed E-state index contributed by atoms with van der Waals surface area (Å²) in [4.78, 5) is 16.0. The van der Waals surface area contributed by atoms with Crippen molar-refractivity contribution in [2.45, 2.75) is 12.4 Å². The summed E-state index contributed by atoms with van der Waals surface area (Å²) in [7, 11) is 0. The minimum atomic E-state index is -5.02. The summed E-state index contributed by atoms with van der Waals surface area (Å²) >= 11 is 0. The van der Waals surface area contributed by atoms with Crippen LogP contribution in [0.2, 0.25) is 0 Å². The van der Waals surface area contributed by atoms with Crippen molar-refractivity contribution in [3.05, 3.63) is 65.0 Å². The van der Waals surface area contributed by atoms with E-state index < -0.39 is 35.0 Å².